The number of nitrogens with zero attached hydrogens (tertiary/aromatic N) is 3. The summed E-state index contributed by atoms with van der Waals surface area (Å²) in [7, 11) is 0. The van der Waals surface area contributed by atoms with Crippen LogP contribution in [0.2, 0.25) is 0 Å². The molecule has 10 aromatic rings. The number of imidazole rings is 1. The van der Waals surface area contributed by atoms with E-state index < -0.39 is 0 Å². The number of para-hydroxylation sites is 2. The minimum atomic E-state index is -0.153. The van der Waals surface area contributed by atoms with Crippen molar-refractivity contribution in [3.8, 4) is 50.2 Å². The fourth-order valence-electron chi connectivity index (χ4n) is 9.20. The Morgan fingerprint density at radius 2 is 1.16 bits per heavy atom. The van der Waals surface area contributed by atoms with Crippen molar-refractivity contribution in [2.45, 2.75) is 25.2 Å². The molecule has 58 heavy (non-hydrogen) atoms. The summed E-state index contributed by atoms with van der Waals surface area (Å²) < 4.78 is 3.67. The van der Waals surface area contributed by atoms with Gasteiger partial charge in [-0.15, -0.1) is 0 Å². The largest absolute Gasteiger partial charge is 0.339 e. The lowest BCUT2D eigenvalue weighted by Crippen LogP contribution is -2.26. The third-order valence-corrected chi connectivity index (χ3v) is 12.0. The Balaban J connectivity index is 1.14. The van der Waals surface area contributed by atoms with Crippen molar-refractivity contribution in [3.63, 3.8) is 0 Å². The van der Waals surface area contributed by atoms with E-state index in [0.717, 1.165) is 80.3 Å². The van der Waals surface area contributed by atoms with Gasteiger partial charge in [-0.1, -0.05) is 146 Å². The Morgan fingerprint density at radius 3 is 1.91 bits per heavy atom. The first-order valence-electron chi connectivity index (χ1n) is 20.2. The molecule has 0 N–H and O–H groups in total. The summed E-state index contributed by atoms with van der Waals surface area (Å²) in [6.07, 6.45) is 3.17. The minimum absolute atomic E-state index is 0.153. The van der Waals surface area contributed by atoms with Crippen molar-refractivity contribution in [1.29, 1.82) is 0 Å². The first-order valence-corrected chi connectivity index (χ1v) is 20.2. The maximum absolute atomic E-state index is 15.0. The van der Waals surface area contributed by atoms with Gasteiger partial charge in [0.05, 0.1) is 22.2 Å². The molecule has 0 bridgehead atoms. The maximum atomic E-state index is 15.0. The Kier molecular flexibility index (Phi) is 8.21. The highest BCUT2D eigenvalue weighted by Crippen LogP contribution is 2.42. The summed E-state index contributed by atoms with van der Waals surface area (Å²) in [5, 5.41) is 0.914. The van der Waals surface area contributed by atoms with Crippen LogP contribution in [-0.2, 0) is 12.8 Å². The van der Waals surface area contributed by atoms with Gasteiger partial charge >= 0.3 is 5.69 Å². The molecular formula is C54H39N3O. The summed E-state index contributed by atoms with van der Waals surface area (Å²) >= 11 is 0. The molecule has 8 aromatic carbocycles. The normalized spacial score (nSPS) is 13.7. The van der Waals surface area contributed by atoms with E-state index in [-0.39, 0.29) is 5.69 Å². The van der Waals surface area contributed by atoms with E-state index >= 15 is 4.79 Å². The number of aromatic nitrogens is 3. The molecule has 4 heteroatoms. The Morgan fingerprint density at radius 1 is 0.517 bits per heavy atom. The van der Waals surface area contributed by atoms with E-state index in [1.807, 2.05) is 41.0 Å². The number of benzene rings is 8. The average molecular weight is 746 g/mol. The number of hydrogen-bond acceptors (Lipinski definition) is 2. The van der Waals surface area contributed by atoms with Gasteiger partial charge in [0.15, 0.2) is 5.65 Å². The Bertz CT molecular complexity index is 3160. The molecule has 276 valence electrons. The number of aryl methyl sites for hydroxylation is 1. The molecule has 0 saturated heterocycles. The quantitative estimate of drug-likeness (QED) is 0.170. The highest BCUT2D eigenvalue weighted by molar-refractivity contribution is 5.99. The van der Waals surface area contributed by atoms with Crippen LogP contribution in [0.15, 0.2) is 199 Å². The van der Waals surface area contributed by atoms with E-state index in [1.165, 1.54) is 27.8 Å². The molecular weight excluding hydrogens is 707 g/mol. The molecule has 11 rings (SSSR count). The zero-order valence-corrected chi connectivity index (χ0v) is 31.9. The minimum Gasteiger partial charge on any atom is -0.262 e. The summed E-state index contributed by atoms with van der Waals surface area (Å²) in [5.41, 5.74) is 17.0. The molecule has 2 heterocycles. The second kappa shape index (κ2) is 14.0. The summed E-state index contributed by atoms with van der Waals surface area (Å²) in [5.74, 6) is 0.411. The van der Waals surface area contributed by atoms with Gasteiger partial charge in [0, 0.05) is 5.39 Å². The van der Waals surface area contributed by atoms with Crippen molar-refractivity contribution < 1.29 is 0 Å². The van der Waals surface area contributed by atoms with E-state index in [0.29, 0.717) is 11.6 Å². The molecule has 4 nitrogen and oxygen atoms in total. The van der Waals surface area contributed by atoms with Gasteiger partial charge in [0.2, 0.25) is 0 Å². The predicted octanol–water partition coefficient (Wildman–Crippen LogP) is 12.7. The fraction of sp³-hybridized carbons (Fsp3) is 0.0741. The van der Waals surface area contributed by atoms with Crippen molar-refractivity contribution in [1.82, 2.24) is 14.0 Å². The monoisotopic (exact) mass is 745 g/mol. The molecule has 2 aromatic heterocycles. The van der Waals surface area contributed by atoms with Crippen molar-refractivity contribution in [2.75, 3.05) is 0 Å². The first kappa shape index (κ1) is 34.0. The number of fused-ring (bicyclic) bond motifs is 8. The van der Waals surface area contributed by atoms with Crippen molar-refractivity contribution >= 4 is 27.6 Å². The maximum Gasteiger partial charge on any atom is 0.339 e. The first-order chi connectivity index (χ1) is 28.7. The molecule has 0 aliphatic heterocycles. The molecule has 0 radical (unpaired) electrons. The van der Waals surface area contributed by atoms with Crippen LogP contribution in [0.3, 0.4) is 0 Å². The van der Waals surface area contributed by atoms with Gasteiger partial charge in [-0.2, -0.15) is 0 Å². The molecule has 0 spiro atoms. The van der Waals surface area contributed by atoms with Gasteiger partial charge in [0.25, 0.3) is 0 Å². The van der Waals surface area contributed by atoms with Crippen LogP contribution in [-0.4, -0.2) is 14.0 Å². The lowest BCUT2D eigenvalue weighted by molar-refractivity contribution is 0.629. The van der Waals surface area contributed by atoms with E-state index in [2.05, 4.69) is 158 Å². The predicted molar refractivity (Wildman–Crippen MR) is 239 cm³/mol. The zero-order valence-electron chi connectivity index (χ0n) is 31.9. The number of rotatable bonds is 6. The molecule has 1 aliphatic carbocycles. The number of hydrogen-bond donors (Lipinski definition) is 0. The molecule has 0 saturated carbocycles. The molecule has 0 amide bonds. The van der Waals surface area contributed by atoms with Crippen molar-refractivity contribution in [3.05, 3.63) is 221 Å². The van der Waals surface area contributed by atoms with Crippen LogP contribution >= 0.6 is 0 Å². The van der Waals surface area contributed by atoms with Crippen molar-refractivity contribution in [2.24, 2.45) is 0 Å². The van der Waals surface area contributed by atoms with Crippen LogP contribution in [0, 0.1) is 0 Å². The van der Waals surface area contributed by atoms with E-state index in [1.54, 1.807) is 4.40 Å². The lowest BCUT2D eigenvalue weighted by Gasteiger charge is -2.20. The fourth-order valence-corrected chi connectivity index (χ4v) is 9.20. The van der Waals surface area contributed by atoms with Crippen LogP contribution in [0.1, 0.15) is 29.0 Å². The summed E-state index contributed by atoms with van der Waals surface area (Å²) in [6.45, 7) is 0. The van der Waals surface area contributed by atoms with Gasteiger partial charge in [-0.05, 0) is 135 Å². The lowest BCUT2D eigenvalue weighted by atomic mass is 9.85. The van der Waals surface area contributed by atoms with Gasteiger partial charge < -0.3 is 0 Å². The van der Waals surface area contributed by atoms with E-state index in [9.17, 15) is 0 Å². The smallest absolute Gasteiger partial charge is 0.262 e. The standard InChI is InChI=1S/C54H39N3O/c58-54-56(45-32-43(37-16-6-2-7-17-37)31-44(33-45)38-18-8-3-9-19-38)51-29-27-41(35-49(51)53-55-50-22-12-13-23-52(50)57(53)54)40-26-28-47-42(30-36-14-4-1-5-15-36)25-24-39-20-10-11-21-46(39)48(47)34-40/h1-23,26-29,31-35,42H,24-25,30H2. The average Bonchev–Trinajstić information content (AvgIpc) is 3.62. The van der Waals surface area contributed by atoms with Crippen LogP contribution < -0.4 is 5.69 Å². The summed E-state index contributed by atoms with van der Waals surface area (Å²) in [4.78, 5) is 20.1. The van der Waals surface area contributed by atoms with Gasteiger partial charge in [0.1, 0.15) is 0 Å². The summed E-state index contributed by atoms with van der Waals surface area (Å²) in [6, 6.07) is 68.6. The molecule has 1 aliphatic rings. The van der Waals surface area contributed by atoms with Gasteiger partial charge in [-0.25, -0.2) is 14.2 Å². The zero-order chi connectivity index (χ0) is 38.6. The molecule has 1 unspecified atom stereocenters. The van der Waals surface area contributed by atoms with Crippen LogP contribution in [0.4, 0.5) is 0 Å². The van der Waals surface area contributed by atoms with E-state index in [4.69, 9.17) is 4.98 Å². The SMILES string of the molecule is O=c1n(-c2cc(-c3ccccc3)cc(-c3ccccc3)c2)c2ccc(-c3ccc4c(c3)-c3ccccc3CCC4Cc3ccccc3)cc2c2nc3ccccc3n12. The second-order valence-corrected chi connectivity index (χ2v) is 15.5. The highest BCUT2D eigenvalue weighted by Gasteiger charge is 2.24. The molecule has 1 atom stereocenters. The topological polar surface area (TPSA) is 39.3 Å². The van der Waals surface area contributed by atoms with Gasteiger partial charge in [-0.3, -0.25) is 4.57 Å². The Labute approximate surface area is 337 Å². The highest BCUT2D eigenvalue weighted by atomic mass is 16.1. The third kappa shape index (κ3) is 5.84. The Hall–Kier alpha value is -7.30. The van der Waals surface area contributed by atoms with Crippen LogP contribution in [0.25, 0.3) is 77.8 Å². The second-order valence-electron chi connectivity index (χ2n) is 15.5. The van der Waals surface area contributed by atoms with Crippen LogP contribution in [0.5, 0.6) is 0 Å². The molecule has 0 fully saturated rings. The third-order valence-electron chi connectivity index (χ3n) is 12.0.